The lowest BCUT2D eigenvalue weighted by Crippen LogP contribution is -2.28. The van der Waals surface area contributed by atoms with Crippen molar-refractivity contribution in [3.05, 3.63) is 0 Å². The molecule has 0 aliphatic heterocycles. The molecule has 0 saturated heterocycles. The lowest BCUT2D eigenvalue weighted by Gasteiger charge is -2.07. The Morgan fingerprint density at radius 2 is 1.33 bits per heavy atom. The van der Waals surface area contributed by atoms with Crippen LogP contribution in [0.2, 0.25) is 0 Å². The number of hydrogen-bond donors (Lipinski definition) is 1. The molecular weight excluding hydrogens is 222 g/mol. The van der Waals surface area contributed by atoms with E-state index in [0.29, 0.717) is 0 Å². The van der Waals surface area contributed by atoms with Gasteiger partial charge >= 0.3 is 0 Å². The minimum atomic E-state index is 0.117. The quantitative estimate of drug-likeness (QED) is 0.540. The summed E-state index contributed by atoms with van der Waals surface area (Å²) < 4.78 is 0. The summed E-state index contributed by atoms with van der Waals surface area (Å²) in [6, 6.07) is 0. The van der Waals surface area contributed by atoms with E-state index in [0.717, 1.165) is 18.9 Å². The van der Waals surface area contributed by atoms with Crippen LogP contribution in [0.4, 0.5) is 0 Å². The van der Waals surface area contributed by atoms with Crippen LogP contribution in [0.25, 0.3) is 0 Å². The van der Waals surface area contributed by atoms with Gasteiger partial charge in [-0.1, -0.05) is 72.6 Å². The van der Waals surface area contributed by atoms with Crippen LogP contribution in [0.15, 0.2) is 0 Å². The monoisotopic (exact) mass is 255 g/mol. The molecule has 0 saturated carbocycles. The summed E-state index contributed by atoms with van der Waals surface area (Å²) in [5.41, 5.74) is 0. The molecular formula is C16H33NO. The lowest BCUT2D eigenvalue weighted by molar-refractivity contribution is -0.123. The van der Waals surface area contributed by atoms with Crippen molar-refractivity contribution in [2.45, 2.75) is 79.1 Å². The predicted octanol–water partition coefficient (Wildman–Crippen LogP) is 4.54. The first-order valence-corrected chi connectivity index (χ1v) is 7.81. The fraction of sp³-hybridized carbons (Fsp3) is 0.938. The highest BCUT2D eigenvalue weighted by Crippen LogP contribution is 2.11. The van der Waals surface area contributed by atoms with E-state index in [4.69, 9.17) is 0 Å². The van der Waals surface area contributed by atoms with Crippen LogP contribution in [0.5, 0.6) is 0 Å². The van der Waals surface area contributed by atoms with Crippen molar-refractivity contribution in [2.24, 2.45) is 11.8 Å². The third-order valence-corrected chi connectivity index (χ3v) is 3.28. The van der Waals surface area contributed by atoms with Crippen molar-refractivity contribution in [1.82, 2.24) is 5.32 Å². The molecule has 0 aliphatic carbocycles. The summed E-state index contributed by atoms with van der Waals surface area (Å²) in [6.07, 6.45) is 10.6. The van der Waals surface area contributed by atoms with Crippen molar-refractivity contribution in [1.29, 1.82) is 0 Å². The number of carbonyl (C=O) groups excluding carboxylic acids is 1. The van der Waals surface area contributed by atoms with Gasteiger partial charge in [0.1, 0.15) is 0 Å². The zero-order chi connectivity index (χ0) is 13.8. The zero-order valence-corrected chi connectivity index (χ0v) is 12.9. The number of nitrogens with one attached hydrogen (secondary N) is 1. The van der Waals surface area contributed by atoms with Crippen molar-refractivity contribution in [2.75, 3.05) is 6.54 Å². The molecule has 0 rings (SSSR count). The molecule has 2 nitrogen and oxygen atoms in total. The number of amides is 1. The zero-order valence-electron chi connectivity index (χ0n) is 12.9. The van der Waals surface area contributed by atoms with E-state index in [1.54, 1.807) is 0 Å². The van der Waals surface area contributed by atoms with Gasteiger partial charge in [-0.05, 0) is 12.3 Å². The second-order valence-corrected chi connectivity index (χ2v) is 6.10. The molecule has 0 atom stereocenters. The highest BCUT2D eigenvalue weighted by Gasteiger charge is 2.04. The molecule has 0 aromatic carbocycles. The molecule has 0 fully saturated rings. The molecule has 0 unspecified atom stereocenters. The van der Waals surface area contributed by atoms with Crippen LogP contribution in [0, 0.1) is 11.8 Å². The first-order chi connectivity index (χ1) is 8.54. The summed E-state index contributed by atoms with van der Waals surface area (Å²) >= 11 is 0. The largest absolute Gasteiger partial charge is 0.356 e. The van der Waals surface area contributed by atoms with Crippen LogP contribution < -0.4 is 5.32 Å². The van der Waals surface area contributed by atoms with Gasteiger partial charge in [0.25, 0.3) is 0 Å². The van der Waals surface area contributed by atoms with Crippen molar-refractivity contribution in [3.63, 3.8) is 0 Å². The summed E-state index contributed by atoms with van der Waals surface area (Å²) in [7, 11) is 0. The number of unbranched alkanes of at least 4 members (excludes halogenated alkanes) is 6. The Hall–Kier alpha value is -0.530. The average Bonchev–Trinajstić information content (AvgIpc) is 2.30. The van der Waals surface area contributed by atoms with Crippen molar-refractivity contribution >= 4 is 5.91 Å². The Kier molecular flexibility index (Phi) is 11.2. The van der Waals surface area contributed by atoms with E-state index in [-0.39, 0.29) is 11.8 Å². The van der Waals surface area contributed by atoms with Gasteiger partial charge < -0.3 is 5.32 Å². The molecule has 1 amide bonds. The normalized spacial score (nSPS) is 11.2. The van der Waals surface area contributed by atoms with Gasteiger partial charge in [-0.3, -0.25) is 4.79 Å². The Bertz CT molecular complexity index is 199. The predicted molar refractivity (Wildman–Crippen MR) is 79.6 cm³/mol. The van der Waals surface area contributed by atoms with Gasteiger partial charge in [-0.15, -0.1) is 0 Å². The summed E-state index contributed by atoms with van der Waals surface area (Å²) in [5, 5.41) is 2.97. The first-order valence-electron chi connectivity index (χ1n) is 7.81. The third kappa shape index (κ3) is 11.9. The van der Waals surface area contributed by atoms with Crippen LogP contribution in [0.1, 0.15) is 79.1 Å². The third-order valence-electron chi connectivity index (χ3n) is 3.28. The molecule has 0 heterocycles. The maximum absolute atomic E-state index is 11.3. The van der Waals surface area contributed by atoms with E-state index < -0.39 is 0 Å². The topological polar surface area (TPSA) is 29.1 Å². The SMILES string of the molecule is CC(C)CCCCCCCCCNC(=O)C(C)C. The summed E-state index contributed by atoms with van der Waals surface area (Å²) in [5.74, 6) is 1.16. The van der Waals surface area contributed by atoms with Crippen molar-refractivity contribution in [3.8, 4) is 0 Å². The standard InChI is InChI=1S/C16H33NO/c1-14(2)12-10-8-6-5-7-9-11-13-17-16(18)15(3)4/h14-15H,5-13H2,1-4H3,(H,17,18). The molecule has 0 aromatic heterocycles. The number of rotatable bonds is 11. The Labute approximate surface area is 114 Å². The van der Waals surface area contributed by atoms with Crippen LogP contribution in [-0.2, 0) is 4.79 Å². The van der Waals surface area contributed by atoms with E-state index in [9.17, 15) is 4.79 Å². The minimum absolute atomic E-state index is 0.117. The Balaban J connectivity index is 3.10. The van der Waals surface area contributed by atoms with Gasteiger partial charge in [0.05, 0.1) is 0 Å². The van der Waals surface area contributed by atoms with Crippen LogP contribution in [0.3, 0.4) is 0 Å². The summed E-state index contributed by atoms with van der Waals surface area (Å²) in [4.78, 5) is 11.3. The molecule has 0 aliphatic rings. The molecule has 1 N–H and O–H groups in total. The number of hydrogen-bond acceptors (Lipinski definition) is 1. The fourth-order valence-corrected chi connectivity index (χ4v) is 1.98. The molecule has 0 aromatic rings. The van der Waals surface area contributed by atoms with E-state index in [1.807, 2.05) is 13.8 Å². The fourth-order valence-electron chi connectivity index (χ4n) is 1.98. The van der Waals surface area contributed by atoms with Gasteiger partial charge in [-0.2, -0.15) is 0 Å². The molecule has 108 valence electrons. The second-order valence-electron chi connectivity index (χ2n) is 6.10. The smallest absolute Gasteiger partial charge is 0.222 e. The van der Waals surface area contributed by atoms with E-state index >= 15 is 0 Å². The average molecular weight is 255 g/mol. The van der Waals surface area contributed by atoms with Gasteiger partial charge in [0, 0.05) is 12.5 Å². The Morgan fingerprint density at radius 3 is 1.83 bits per heavy atom. The van der Waals surface area contributed by atoms with Gasteiger partial charge in [-0.25, -0.2) is 0 Å². The molecule has 0 bridgehead atoms. The number of carbonyl (C=O) groups is 1. The molecule has 2 heteroatoms. The van der Waals surface area contributed by atoms with Crippen LogP contribution in [-0.4, -0.2) is 12.5 Å². The Morgan fingerprint density at radius 1 is 0.833 bits per heavy atom. The van der Waals surface area contributed by atoms with E-state index in [2.05, 4.69) is 19.2 Å². The maximum atomic E-state index is 11.3. The summed E-state index contributed by atoms with van der Waals surface area (Å²) in [6.45, 7) is 9.32. The van der Waals surface area contributed by atoms with Gasteiger partial charge in [0.15, 0.2) is 0 Å². The van der Waals surface area contributed by atoms with E-state index in [1.165, 1.54) is 44.9 Å². The van der Waals surface area contributed by atoms with Crippen molar-refractivity contribution < 1.29 is 4.79 Å². The lowest BCUT2D eigenvalue weighted by atomic mass is 10.0. The highest BCUT2D eigenvalue weighted by atomic mass is 16.1. The molecule has 0 radical (unpaired) electrons. The highest BCUT2D eigenvalue weighted by molar-refractivity contribution is 5.77. The second kappa shape index (κ2) is 11.6. The van der Waals surface area contributed by atoms with Gasteiger partial charge in [0.2, 0.25) is 5.91 Å². The first kappa shape index (κ1) is 17.5. The molecule has 0 spiro atoms. The molecule has 18 heavy (non-hydrogen) atoms. The minimum Gasteiger partial charge on any atom is -0.356 e. The maximum Gasteiger partial charge on any atom is 0.222 e. The van der Waals surface area contributed by atoms with Crippen LogP contribution >= 0.6 is 0 Å².